The molecule has 9 heteroatoms. The lowest BCUT2D eigenvalue weighted by Crippen LogP contribution is -1.89. The van der Waals surface area contributed by atoms with Crippen molar-refractivity contribution in [3.63, 3.8) is 0 Å². The number of hydrogen-bond donors (Lipinski definition) is 0. The zero-order valence-corrected chi connectivity index (χ0v) is 12.9. The molecule has 0 bridgehead atoms. The third-order valence-corrected chi connectivity index (χ3v) is 4.13. The van der Waals surface area contributed by atoms with Gasteiger partial charge in [0, 0.05) is 12.1 Å². The first-order valence-corrected chi connectivity index (χ1v) is 7.71. The van der Waals surface area contributed by atoms with Gasteiger partial charge in [0.1, 0.15) is 5.01 Å². The van der Waals surface area contributed by atoms with Gasteiger partial charge in [-0.2, -0.15) is 9.61 Å². The molecule has 0 aliphatic rings. The average Bonchev–Trinajstić information content (AvgIpc) is 3.29. The first kappa shape index (κ1) is 14.3. The third-order valence-electron chi connectivity index (χ3n) is 3.27. The van der Waals surface area contributed by atoms with Gasteiger partial charge >= 0.3 is 0 Å². The molecule has 0 aliphatic heterocycles. The molecular formula is C15H9N5O3S. The molecule has 0 atom stereocenters. The molecule has 0 fully saturated rings. The van der Waals surface area contributed by atoms with Crippen LogP contribution in [0, 0.1) is 10.1 Å². The van der Waals surface area contributed by atoms with Crippen LogP contribution in [0.2, 0.25) is 0 Å². The first-order chi connectivity index (χ1) is 11.7. The number of rotatable bonds is 4. The molecule has 0 aliphatic carbocycles. The van der Waals surface area contributed by atoms with Gasteiger partial charge in [-0.05, 0) is 35.9 Å². The van der Waals surface area contributed by atoms with Crippen LogP contribution in [0.25, 0.3) is 28.7 Å². The quantitative estimate of drug-likeness (QED) is 0.416. The maximum absolute atomic E-state index is 10.6. The SMILES string of the molecule is O=[N+]([O-])c1ccc(/C=C/c2nn3c(-c4ccco4)nnc3s2)cc1. The highest BCUT2D eigenvalue weighted by molar-refractivity contribution is 7.17. The molecule has 0 saturated heterocycles. The Balaban J connectivity index is 1.61. The van der Waals surface area contributed by atoms with Crippen LogP contribution in [-0.2, 0) is 0 Å². The Morgan fingerprint density at radius 3 is 2.71 bits per heavy atom. The molecule has 8 nitrogen and oxygen atoms in total. The number of nitrogens with zero attached hydrogens (tertiary/aromatic N) is 5. The van der Waals surface area contributed by atoms with Crippen LogP contribution in [0.1, 0.15) is 10.6 Å². The molecule has 0 unspecified atom stereocenters. The van der Waals surface area contributed by atoms with Gasteiger partial charge in [-0.3, -0.25) is 10.1 Å². The van der Waals surface area contributed by atoms with Crippen LogP contribution in [-0.4, -0.2) is 24.7 Å². The van der Waals surface area contributed by atoms with Crippen LogP contribution < -0.4 is 0 Å². The van der Waals surface area contributed by atoms with Gasteiger partial charge in [0.05, 0.1) is 11.2 Å². The average molecular weight is 339 g/mol. The number of non-ortho nitro benzene ring substituents is 1. The van der Waals surface area contributed by atoms with E-state index in [0.717, 1.165) is 10.6 Å². The van der Waals surface area contributed by atoms with Gasteiger partial charge in [-0.15, -0.1) is 10.2 Å². The standard InChI is InChI=1S/C15H9N5O3S/c21-20(22)11-6-3-10(4-7-11)5-8-13-18-19-14(12-2-1-9-23-12)16-17-15(19)24-13/h1-9H/b8-5+. The van der Waals surface area contributed by atoms with Crippen LogP contribution in [0.15, 0.2) is 47.1 Å². The van der Waals surface area contributed by atoms with Crippen molar-refractivity contribution in [2.75, 3.05) is 0 Å². The summed E-state index contributed by atoms with van der Waals surface area (Å²) in [6.07, 6.45) is 5.23. The maximum atomic E-state index is 10.6. The third kappa shape index (κ3) is 2.57. The second-order valence-electron chi connectivity index (χ2n) is 4.82. The maximum Gasteiger partial charge on any atom is 0.269 e. The lowest BCUT2D eigenvalue weighted by atomic mass is 10.2. The van der Waals surface area contributed by atoms with Gasteiger partial charge in [-0.1, -0.05) is 17.4 Å². The van der Waals surface area contributed by atoms with E-state index in [2.05, 4.69) is 15.3 Å². The predicted octanol–water partition coefficient (Wildman–Crippen LogP) is 3.52. The van der Waals surface area contributed by atoms with Crippen molar-refractivity contribution in [1.82, 2.24) is 19.8 Å². The molecule has 0 radical (unpaired) electrons. The summed E-state index contributed by atoms with van der Waals surface area (Å²) in [6.45, 7) is 0. The summed E-state index contributed by atoms with van der Waals surface area (Å²) in [5, 5.41) is 24.0. The van der Waals surface area contributed by atoms with Gasteiger partial charge in [-0.25, -0.2) is 0 Å². The zero-order valence-electron chi connectivity index (χ0n) is 12.1. The van der Waals surface area contributed by atoms with Crippen molar-refractivity contribution in [1.29, 1.82) is 0 Å². The minimum Gasteiger partial charge on any atom is -0.461 e. The number of furan rings is 1. The Morgan fingerprint density at radius 2 is 2.00 bits per heavy atom. The molecule has 1 aromatic carbocycles. The van der Waals surface area contributed by atoms with Gasteiger partial charge in [0.2, 0.25) is 10.8 Å². The molecule has 0 amide bonds. The highest BCUT2D eigenvalue weighted by Gasteiger charge is 2.14. The Labute approximate surface area is 138 Å². The van der Waals surface area contributed by atoms with E-state index in [9.17, 15) is 10.1 Å². The second-order valence-corrected chi connectivity index (χ2v) is 5.81. The van der Waals surface area contributed by atoms with Crippen molar-refractivity contribution in [3.05, 3.63) is 63.3 Å². The molecule has 4 rings (SSSR count). The van der Waals surface area contributed by atoms with E-state index in [1.54, 1.807) is 35.0 Å². The summed E-state index contributed by atoms with van der Waals surface area (Å²) < 4.78 is 6.95. The molecule has 0 saturated carbocycles. The Bertz CT molecular complexity index is 1030. The van der Waals surface area contributed by atoms with E-state index in [0.29, 0.717) is 16.5 Å². The summed E-state index contributed by atoms with van der Waals surface area (Å²) >= 11 is 1.38. The lowest BCUT2D eigenvalue weighted by Gasteiger charge is -1.93. The monoisotopic (exact) mass is 339 g/mol. The van der Waals surface area contributed by atoms with Gasteiger partial charge < -0.3 is 4.42 Å². The Morgan fingerprint density at radius 1 is 1.17 bits per heavy atom. The summed E-state index contributed by atoms with van der Waals surface area (Å²) in [5.74, 6) is 1.14. The molecule has 0 spiro atoms. The molecule has 118 valence electrons. The van der Waals surface area contributed by atoms with Crippen molar-refractivity contribution in [2.24, 2.45) is 0 Å². The number of hydrogen-bond acceptors (Lipinski definition) is 7. The minimum atomic E-state index is -0.424. The smallest absolute Gasteiger partial charge is 0.269 e. The van der Waals surface area contributed by atoms with Crippen LogP contribution in [0.3, 0.4) is 0 Å². The summed E-state index contributed by atoms with van der Waals surface area (Å²) in [6, 6.07) is 9.87. The Kier molecular flexibility index (Phi) is 3.39. The van der Waals surface area contributed by atoms with Gasteiger partial charge in [0.15, 0.2) is 5.76 Å². The van der Waals surface area contributed by atoms with E-state index in [4.69, 9.17) is 4.42 Å². The second kappa shape index (κ2) is 5.70. The highest BCUT2D eigenvalue weighted by atomic mass is 32.1. The van der Waals surface area contributed by atoms with Crippen LogP contribution >= 0.6 is 11.3 Å². The molecule has 0 N–H and O–H groups in total. The van der Waals surface area contributed by atoms with Crippen molar-refractivity contribution in [3.8, 4) is 11.6 Å². The number of nitro groups is 1. The minimum absolute atomic E-state index is 0.0639. The fourth-order valence-electron chi connectivity index (χ4n) is 2.13. The number of benzene rings is 1. The van der Waals surface area contributed by atoms with Crippen LogP contribution in [0.5, 0.6) is 0 Å². The van der Waals surface area contributed by atoms with E-state index in [-0.39, 0.29) is 5.69 Å². The van der Waals surface area contributed by atoms with E-state index in [1.165, 1.54) is 23.5 Å². The van der Waals surface area contributed by atoms with Crippen molar-refractivity contribution < 1.29 is 9.34 Å². The lowest BCUT2D eigenvalue weighted by molar-refractivity contribution is -0.384. The fraction of sp³-hybridized carbons (Fsp3) is 0. The van der Waals surface area contributed by atoms with E-state index < -0.39 is 4.92 Å². The highest BCUT2D eigenvalue weighted by Crippen LogP contribution is 2.23. The molecule has 3 aromatic heterocycles. The Hall–Kier alpha value is -3.33. The predicted molar refractivity (Wildman–Crippen MR) is 88.4 cm³/mol. The zero-order chi connectivity index (χ0) is 16.5. The first-order valence-electron chi connectivity index (χ1n) is 6.89. The van der Waals surface area contributed by atoms with Crippen molar-refractivity contribution >= 4 is 34.1 Å². The largest absolute Gasteiger partial charge is 0.461 e. The number of aromatic nitrogens is 4. The van der Waals surface area contributed by atoms with E-state index in [1.807, 2.05) is 12.2 Å². The van der Waals surface area contributed by atoms with Gasteiger partial charge in [0.25, 0.3) is 5.69 Å². The normalized spacial score (nSPS) is 11.5. The molecule has 3 heterocycles. The fourth-order valence-corrected chi connectivity index (χ4v) is 2.87. The summed E-state index contributed by atoms with van der Waals surface area (Å²) in [4.78, 5) is 10.9. The van der Waals surface area contributed by atoms with Crippen LogP contribution in [0.4, 0.5) is 5.69 Å². The summed E-state index contributed by atoms with van der Waals surface area (Å²) in [5.41, 5.74) is 0.909. The molecule has 4 aromatic rings. The van der Waals surface area contributed by atoms with E-state index >= 15 is 0 Å². The van der Waals surface area contributed by atoms with Crippen molar-refractivity contribution in [2.45, 2.75) is 0 Å². The molecular weight excluding hydrogens is 330 g/mol. The number of fused-ring (bicyclic) bond motifs is 1. The topological polar surface area (TPSA) is 99.4 Å². The summed E-state index contributed by atoms with van der Waals surface area (Å²) in [7, 11) is 0. The molecule has 24 heavy (non-hydrogen) atoms. The number of nitro benzene ring substituents is 1.